The molecular formula is C20H23N7O2. The molecule has 9 heteroatoms. The van der Waals surface area contributed by atoms with Crippen molar-refractivity contribution in [2.45, 2.75) is 19.4 Å². The number of benzene rings is 1. The molecular weight excluding hydrogens is 370 g/mol. The van der Waals surface area contributed by atoms with Gasteiger partial charge in [-0.2, -0.15) is 20.1 Å². The first-order valence-electron chi connectivity index (χ1n) is 9.55. The van der Waals surface area contributed by atoms with E-state index in [1.54, 1.807) is 17.8 Å². The Bertz CT molecular complexity index is 997. The zero-order chi connectivity index (χ0) is 20.2. The third kappa shape index (κ3) is 4.18. The molecule has 2 aromatic heterocycles. The summed E-state index contributed by atoms with van der Waals surface area (Å²) in [6, 6.07) is 11.8. The van der Waals surface area contributed by atoms with Gasteiger partial charge >= 0.3 is 6.01 Å². The summed E-state index contributed by atoms with van der Waals surface area (Å²) in [5, 5.41) is 7.30. The SMILES string of the molecule is COc1nc(CNC(=O)c2cc(-c3ccccc3)nn2C)nc(N2CCCC2)n1. The molecule has 1 fully saturated rings. The van der Waals surface area contributed by atoms with E-state index in [0.29, 0.717) is 17.5 Å². The third-order valence-electron chi connectivity index (χ3n) is 4.81. The summed E-state index contributed by atoms with van der Waals surface area (Å²) in [4.78, 5) is 27.9. The van der Waals surface area contributed by atoms with Crippen molar-refractivity contribution >= 4 is 11.9 Å². The van der Waals surface area contributed by atoms with Crippen molar-refractivity contribution in [1.29, 1.82) is 0 Å². The Balaban J connectivity index is 1.48. The molecule has 0 radical (unpaired) electrons. The number of nitrogens with one attached hydrogen (secondary N) is 1. The number of hydrogen-bond acceptors (Lipinski definition) is 7. The van der Waals surface area contributed by atoms with Gasteiger partial charge < -0.3 is 15.0 Å². The fraction of sp³-hybridized carbons (Fsp3) is 0.350. The molecule has 4 rings (SSSR count). The first-order valence-corrected chi connectivity index (χ1v) is 9.55. The van der Waals surface area contributed by atoms with Crippen LogP contribution in [0.3, 0.4) is 0 Å². The van der Waals surface area contributed by atoms with E-state index in [1.807, 2.05) is 30.3 Å². The fourth-order valence-electron chi connectivity index (χ4n) is 3.29. The fourth-order valence-corrected chi connectivity index (χ4v) is 3.29. The standard InChI is InChI=1S/C20H23N7O2/c1-26-16(12-15(25-26)14-8-4-3-5-9-14)18(28)21-13-17-22-19(24-20(23-17)29-2)27-10-6-7-11-27/h3-5,8-9,12H,6-7,10-11,13H2,1-2H3,(H,21,28). The second-order valence-corrected chi connectivity index (χ2v) is 6.82. The highest BCUT2D eigenvalue weighted by atomic mass is 16.5. The number of methoxy groups -OCH3 is 1. The monoisotopic (exact) mass is 393 g/mol. The first kappa shape index (κ1) is 18.9. The van der Waals surface area contributed by atoms with Crippen LogP contribution in [0.5, 0.6) is 6.01 Å². The molecule has 0 atom stereocenters. The van der Waals surface area contributed by atoms with Gasteiger partial charge in [0.1, 0.15) is 5.69 Å². The number of rotatable bonds is 6. The van der Waals surface area contributed by atoms with Crippen LogP contribution in [0.2, 0.25) is 0 Å². The maximum atomic E-state index is 12.7. The molecule has 0 saturated carbocycles. The van der Waals surface area contributed by atoms with Gasteiger partial charge in [0.2, 0.25) is 5.95 Å². The van der Waals surface area contributed by atoms with Gasteiger partial charge in [-0.1, -0.05) is 30.3 Å². The minimum Gasteiger partial charge on any atom is -0.467 e. The van der Waals surface area contributed by atoms with E-state index < -0.39 is 0 Å². The number of ether oxygens (including phenoxy) is 1. The summed E-state index contributed by atoms with van der Waals surface area (Å²) in [7, 11) is 3.27. The Morgan fingerprint density at radius 3 is 2.62 bits per heavy atom. The van der Waals surface area contributed by atoms with Gasteiger partial charge in [0, 0.05) is 25.7 Å². The number of carbonyl (C=O) groups excluding carboxylic acids is 1. The highest BCUT2D eigenvalue weighted by molar-refractivity contribution is 5.93. The van der Waals surface area contributed by atoms with E-state index >= 15 is 0 Å². The average molecular weight is 393 g/mol. The van der Waals surface area contributed by atoms with Gasteiger partial charge in [0.05, 0.1) is 19.3 Å². The number of amides is 1. The summed E-state index contributed by atoms with van der Waals surface area (Å²) >= 11 is 0. The smallest absolute Gasteiger partial charge is 0.321 e. The lowest BCUT2D eigenvalue weighted by molar-refractivity contribution is 0.0940. The van der Waals surface area contributed by atoms with Gasteiger partial charge in [-0.3, -0.25) is 9.48 Å². The molecule has 150 valence electrons. The maximum absolute atomic E-state index is 12.7. The molecule has 9 nitrogen and oxygen atoms in total. The van der Waals surface area contributed by atoms with Crippen molar-refractivity contribution in [2.24, 2.45) is 7.05 Å². The quantitative estimate of drug-likeness (QED) is 0.682. The lowest BCUT2D eigenvalue weighted by Gasteiger charge is -2.16. The molecule has 3 heterocycles. The number of anilines is 1. The summed E-state index contributed by atoms with van der Waals surface area (Å²) in [5.74, 6) is 0.798. The van der Waals surface area contributed by atoms with Gasteiger partial charge in [-0.05, 0) is 18.9 Å². The predicted octanol–water partition coefficient (Wildman–Crippen LogP) is 1.81. The van der Waals surface area contributed by atoms with Crippen LogP contribution < -0.4 is 15.0 Å². The predicted molar refractivity (Wildman–Crippen MR) is 108 cm³/mol. The largest absolute Gasteiger partial charge is 0.467 e. The number of aryl methyl sites for hydroxylation is 1. The summed E-state index contributed by atoms with van der Waals surface area (Å²) < 4.78 is 6.77. The van der Waals surface area contributed by atoms with Crippen molar-refractivity contribution in [3.63, 3.8) is 0 Å². The Morgan fingerprint density at radius 1 is 1.14 bits per heavy atom. The number of hydrogen-bond donors (Lipinski definition) is 1. The van der Waals surface area contributed by atoms with E-state index in [1.165, 1.54) is 7.11 Å². The van der Waals surface area contributed by atoms with Crippen LogP contribution in [0, 0.1) is 0 Å². The minimum atomic E-state index is -0.246. The van der Waals surface area contributed by atoms with E-state index in [2.05, 4.69) is 30.3 Å². The Hall–Kier alpha value is -3.49. The second kappa shape index (κ2) is 8.26. The lowest BCUT2D eigenvalue weighted by atomic mass is 10.1. The molecule has 1 saturated heterocycles. The Kier molecular flexibility index (Phi) is 5.37. The molecule has 0 bridgehead atoms. The number of nitrogens with zero attached hydrogens (tertiary/aromatic N) is 6. The van der Waals surface area contributed by atoms with Crippen molar-refractivity contribution in [1.82, 2.24) is 30.0 Å². The molecule has 1 aromatic carbocycles. The van der Waals surface area contributed by atoms with Crippen LogP contribution in [0.4, 0.5) is 5.95 Å². The molecule has 3 aromatic rings. The molecule has 0 unspecified atom stereocenters. The molecule has 0 spiro atoms. The number of carbonyl (C=O) groups is 1. The third-order valence-corrected chi connectivity index (χ3v) is 4.81. The second-order valence-electron chi connectivity index (χ2n) is 6.82. The van der Waals surface area contributed by atoms with Crippen LogP contribution in [0.25, 0.3) is 11.3 Å². The zero-order valence-electron chi connectivity index (χ0n) is 16.5. The first-order chi connectivity index (χ1) is 14.1. The molecule has 1 aliphatic rings. The Morgan fingerprint density at radius 2 is 1.90 bits per heavy atom. The zero-order valence-corrected chi connectivity index (χ0v) is 16.5. The highest BCUT2D eigenvalue weighted by Crippen LogP contribution is 2.19. The van der Waals surface area contributed by atoms with Crippen molar-refractivity contribution in [2.75, 3.05) is 25.1 Å². The normalized spacial score (nSPS) is 13.5. The van der Waals surface area contributed by atoms with Gasteiger partial charge in [0.15, 0.2) is 5.82 Å². The molecule has 1 aliphatic heterocycles. The van der Waals surface area contributed by atoms with Crippen molar-refractivity contribution in [3.8, 4) is 17.3 Å². The van der Waals surface area contributed by atoms with Crippen LogP contribution >= 0.6 is 0 Å². The highest BCUT2D eigenvalue weighted by Gasteiger charge is 2.19. The lowest BCUT2D eigenvalue weighted by Crippen LogP contribution is -2.27. The van der Waals surface area contributed by atoms with E-state index in [9.17, 15) is 4.79 Å². The van der Waals surface area contributed by atoms with Crippen LogP contribution in [0.1, 0.15) is 29.2 Å². The van der Waals surface area contributed by atoms with E-state index in [-0.39, 0.29) is 18.5 Å². The molecule has 1 N–H and O–H groups in total. The molecule has 0 aliphatic carbocycles. The van der Waals surface area contributed by atoms with Gasteiger partial charge in [-0.15, -0.1) is 0 Å². The average Bonchev–Trinajstić information content (AvgIpc) is 3.42. The van der Waals surface area contributed by atoms with Crippen molar-refractivity contribution in [3.05, 3.63) is 47.9 Å². The van der Waals surface area contributed by atoms with Crippen molar-refractivity contribution < 1.29 is 9.53 Å². The van der Waals surface area contributed by atoms with Gasteiger partial charge in [-0.25, -0.2) is 0 Å². The molecule has 29 heavy (non-hydrogen) atoms. The van der Waals surface area contributed by atoms with Crippen LogP contribution in [0.15, 0.2) is 36.4 Å². The molecule has 1 amide bonds. The summed E-state index contributed by atoms with van der Waals surface area (Å²) in [5.41, 5.74) is 2.17. The summed E-state index contributed by atoms with van der Waals surface area (Å²) in [6.07, 6.45) is 2.23. The van der Waals surface area contributed by atoms with E-state index in [4.69, 9.17) is 4.74 Å². The van der Waals surface area contributed by atoms with Gasteiger partial charge in [0.25, 0.3) is 5.91 Å². The maximum Gasteiger partial charge on any atom is 0.321 e. The number of aromatic nitrogens is 5. The van der Waals surface area contributed by atoms with E-state index in [0.717, 1.165) is 37.2 Å². The minimum absolute atomic E-state index is 0.171. The van der Waals surface area contributed by atoms with Crippen LogP contribution in [-0.2, 0) is 13.6 Å². The Labute approximate surface area is 168 Å². The summed E-state index contributed by atoms with van der Waals surface area (Å²) in [6.45, 7) is 2.00. The van der Waals surface area contributed by atoms with Crippen LogP contribution in [-0.4, -0.2) is 50.8 Å². The topological polar surface area (TPSA) is 98.1 Å².